The molecule has 28 heavy (non-hydrogen) atoms. The van der Waals surface area contributed by atoms with Crippen LogP contribution in [0.1, 0.15) is 14.7 Å². The highest BCUT2D eigenvalue weighted by Gasteiger charge is 2.30. The monoisotopic (exact) mass is 423 g/mol. The molecule has 0 bridgehead atoms. The summed E-state index contributed by atoms with van der Waals surface area (Å²) in [6.07, 6.45) is 0. The predicted octanol–water partition coefficient (Wildman–Crippen LogP) is 2.93. The van der Waals surface area contributed by atoms with Crippen LogP contribution in [0.3, 0.4) is 0 Å². The van der Waals surface area contributed by atoms with Gasteiger partial charge in [0.1, 0.15) is 5.01 Å². The Kier molecular flexibility index (Phi) is 6.10. The number of ether oxygens (including phenoxy) is 2. The van der Waals surface area contributed by atoms with Crippen LogP contribution in [0.2, 0.25) is 0 Å². The van der Waals surface area contributed by atoms with Crippen molar-refractivity contribution in [3.05, 3.63) is 39.0 Å². The Labute approximate surface area is 159 Å². The maximum absolute atomic E-state index is 13.7. The van der Waals surface area contributed by atoms with E-state index in [1.54, 1.807) is 0 Å². The van der Waals surface area contributed by atoms with Gasteiger partial charge in [0, 0.05) is 20.1 Å². The first-order valence-electron chi connectivity index (χ1n) is 8.04. The molecule has 1 saturated heterocycles. The lowest BCUT2D eigenvalue weighted by Gasteiger charge is -2.25. The summed E-state index contributed by atoms with van der Waals surface area (Å²) < 4.78 is 76.8. The van der Waals surface area contributed by atoms with E-state index in [0.29, 0.717) is 37.9 Å². The normalized spacial score (nSPS) is 14.9. The van der Waals surface area contributed by atoms with E-state index in [-0.39, 0.29) is 10.7 Å². The Balaban J connectivity index is 1.85. The number of morpholine rings is 1. The van der Waals surface area contributed by atoms with Gasteiger partial charge in [-0.15, -0.1) is 11.3 Å². The second-order valence-corrected chi connectivity index (χ2v) is 6.80. The standard InChI is InChI=1S/C16H14F5N3O3S/c1-22-15-14(28-7(23-15)6-24-2-4-26-5-3-24)16(25)27-13-11(20)9(18)8(17)10(19)12(13)21/h22H,2-6H2,1H3. The van der Waals surface area contributed by atoms with Gasteiger partial charge in [-0.2, -0.15) is 8.78 Å². The molecule has 0 saturated carbocycles. The minimum absolute atomic E-state index is 0.0714. The fourth-order valence-electron chi connectivity index (χ4n) is 2.50. The van der Waals surface area contributed by atoms with Crippen molar-refractivity contribution < 1.29 is 36.2 Å². The summed E-state index contributed by atoms with van der Waals surface area (Å²) in [5, 5.41) is 3.15. The highest BCUT2D eigenvalue weighted by molar-refractivity contribution is 7.14. The Morgan fingerprint density at radius 2 is 1.68 bits per heavy atom. The van der Waals surface area contributed by atoms with Gasteiger partial charge in [0.15, 0.2) is 10.7 Å². The van der Waals surface area contributed by atoms with Crippen molar-refractivity contribution in [2.24, 2.45) is 0 Å². The first-order valence-corrected chi connectivity index (χ1v) is 8.86. The fourth-order valence-corrected chi connectivity index (χ4v) is 3.49. The highest BCUT2D eigenvalue weighted by atomic mass is 32.1. The van der Waals surface area contributed by atoms with Gasteiger partial charge in [0.25, 0.3) is 0 Å². The Morgan fingerprint density at radius 3 is 2.25 bits per heavy atom. The molecule has 0 atom stereocenters. The minimum atomic E-state index is -2.34. The summed E-state index contributed by atoms with van der Waals surface area (Å²) in [7, 11) is 1.46. The van der Waals surface area contributed by atoms with Crippen LogP contribution < -0.4 is 10.1 Å². The van der Waals surface area contributed by atoms with Crippen molar-refractivity contribution in [1.29, 1.82) is 0 Å². The summed E-state index contributed by atoms with van der Waals surface area (Å²) >= 11 is 0.891. The lowest BCUT2D eigenvalue weighted by molar-refractivity contribution is 0.0342. The Morgan fingerprint density at radius 1 is 1.11 bits per heavy atom. The van der Waals surface area contributed by atoms with Crippen LogP contribution >= 0.6 is 11.3 Å². The summed E-state index contributed by atoms with van der Waals surface area (Å²) in [5.74, 6) is -14.1. The zero-order valence-electron chi connectivity index (χ0n) is 14.5. The SMILES string of the molecule is CNc1nc(CN2CCOCC2)sc1C(=O)Oc1c(F)c(F)c(F)c(F)c1F. The largest absolute Gasteiger partial charge is 0.416 e. The van der Waals surface area contributed by atoms with Crippen LogP contribution in [0, 0.1) is 29.1 Å². The van der Waals surface area contributed by atoms with E-state index in [4.69, 9.17) is 4.74 Å². The summed E-state index contributed by atoms with van der Waals surface area (Å²) in [4.78, 5) is 18.4. The van der Waals surface area contributed by atoms with E-state index < -0.39 is 40.8 Å². The zero-order valence-corrected chi connectivity index (χ0v) is 15.3. The first kappa shape index (κ1) is 20.4. The lowest BCUT2D eigenvalue weighted by Crippen LogP contribution is -2.35. The van der Waals surface area contributed by atoms with Crippen LogP contribution in [-0.4, -0.2) is 49.2 Å². The number of aromatic nitrogens is 1. The van der Waals surface area contributed by atoms with Crippen molar-refractivity contribution in [3.63, 3.8) is 0 Å². The number of rotatable bonds is 5. The average Bonchev–Trinajstić information content (AvgIpc) is 3.11. The fraction of sp³-hybridized carbons (Fsp3) is 0.375. The molecule has 0 radical (unpaired) electrons. The second-order valence-electron chi connectivity index (χ2n) is 5.71. The molecule has 1 fully saturated rings. The Hall–Kier alpha value is -2.31. The van der Waals surface area contributed by atoms with Gasteiger partial charge >= 0.3 is 5.97 Å². The van der Waals surface area contributed by atoms with Gasteiger partial charge in [-0.1, -0.05) is 0 Å². The molecular formula is C16H14F5N3O3S. The summed E-state index contributed by atoms with van der Waals surface area (Å²) in [5.41, 5.74) is 0. The van der Waals surface area contributed by atoms with Gasteiger partial charge in [0.05, 0.1) is 19.8 Å². The third-order valence-electron chi connectivity index (χ3n) is 3.92. The molecule has 0 amide bonds. The van der Waals surface area contributed by atoms with E-state index in [0.717, 1.165) is 11.3 Å². The van der Waals surface area contributed by atoms with Gasteiger partial charge < -0.3 is 14.8 Å². The second kappa shape index (κ2) is 8.37. The first-order chi connectivity index (χ1) is 13.3. The lowest BCUT2D eigenvalue weighted by atomic mass is 10.2. The number of anilines is 1. The smallest absolute Gasteiger partial charge is 0.357 e. The third kappa shape index (κ3) is 3.93. The van der Waals surface area contributed by atoms with Crippen molar-refractivity contribution in [2.45, 2.75) is 6.54 Å². The van der Waals surface area contributed by atoms with Gasteiger partial charge in [0.2, 0.25) is 34.8 Å². The van der Waals surface area contributed by atoms with E-state index in [1.807, 2.05) is 4.90 Å². The molecule has 152 valence electrons. The minimum Gasteiger partial charge on any atom is -0.416 e. The number of hydrogen-bond donors (Lipinski definition) is 1. The number of thiazole rings is 1. The molecule has 0 spiro atoms. The van der Waals surface area contributed by atoms with Crippen LogP contribution in [-0.2, 0) is 11.3 Å². The molecule has 1 aliphatic rings. The average molecular weight is 423 g/mol. The molecule has 6 nitrogen and oxygen atoms in total. The molecule has 2 aromatic rings. The molecule has 1 aromatic carbocycles. The maximum Gasteiger partial charge on any atom is 0.357 e. The van der Waals surface area contributed by atoms with E-state index in [2.05, 4.69) is 15.0 Å². The molecule has 1 aliphatic heterocycles. The van der Waals surface area contributed by atoms with Crippen molar-refractivity contribution in [3.8, 4) is 5.75 Å². The van der Waals surface area contributed by atoms with Crippen LogP contribution in [0.15, 0.2) is 0 Å². The number of carbonyl (C=O) groups is 1. The van der Waals surface area contributed by atoms with Crippen molar-refractivity contribution in [2.75, 3.05) is 38.7 Å². The number of nitrogens with one attached hydrogen (secondary N) is 1. The zero-order chi connectivity index (χ0) is 20.4. The van der Waals surface area contributed by atoms with Gasteiger partial charge in [-0.3, -0.25) is 4.90 Å². The third-order valence-corrected chi connectivity index (χ3v) is 4.94. The molecule has 0 unspecified atom stereocenters. The topological polar surface area (TPSA) is 63.7 Å². The summed E-state index contributed by atoms with van der Waals surface area (Å²) in [6, 6.07) is 0. The number of hydrogen-bond acceptors (Lipinski definition) is 7. The van der Waals surface area contributed by atoms with Gasteiger partial charge in [-0.05, 0) is 0 Å². The van der Waals surface area contributed by atoms with E-state index in [1.165, 1.54) is 7.05 Å². The van der Waals surface area contributed by atoms with E-state index >= 15 is 0 Å². The molecule has 0 aliphatic carbocycles. The quantitative estimate of drug-likeness (QED) is 0.262. The molecule has 1 aromatic heterocycles. The molecule has 1 N–H and O–H groups in total. The number of carbonyl (C=O) groups excluding carboxylic acids is 1. The summed E-state index contributed by atoms with van der Waals surface area (Å²) in [6.45, 7) is 2.84. The molecule has 2 heterocycles. The number of benzene rings is 1. The van der Waals surface area contributed by atoms with Crippen LogP contribution in [0.4, 0.5) is 27.8 Å². The Bertz CT molecular complexity index is 873. The number of halogens is 5. The number of esters is 1. The van der Waals surface area contributed by atoms with Crippen molar-refractivity contribution in [1.82, 2.24) is 9.88 Å². The van der Waals surface area contributed by atoms with Gasteiger partial charge in [-0.25, -0.2) is 22.9 Å². The number of nitrogens with zero attached hydrogens (tertiary/aromatic N) is 2. The molecule has 3 rings (SSSR count). The molecule has 12 heteroatoms. The van der Waals surface area contributed by atoms with Crippen LogP contribution in [0.5, 0.6) is 5.75 Å². The van der Waals surface area contributed by atoms with E-state index in [9.17, 15) is 26.7 Å². The molecular weight excluding hydrogens is 409 g/mol. The maximum atomic E-state index is 13.7. The predicted molar refractivity (Wildman–Crippen MR) is 88.9 cm³/mol. The highest BCUT2D eigenvalue weighted by Crippen LogP contribution is 2.31. The van der Waals surface area contributed by atoms with Crippen LogP contribution in [0.25, 0.3) is 0 Å². The van der Waals surface area contributed by atoms with Crippen molar-refractivity contribution >= 4 is 23.1 Å².